The van der Waals surface area contributed by atoms with E-state index in [-0.39, 0.29) is 38.4 Å². The Morgan fingerprint density at radius 1 is 1.27 bits per heavy atom. The van der Waals surface area contributed by atoms with Crippen LogP contribution in [0.25, 0.3) is 0 Å². The number of ether oxygens (including phenoxy) is 2. The van der Waals surface area contributed by atoms with Crippen LogP contribution >= 0.6 is 11.3 Å². The maximum atomic E-state index is 12.7. The van der Waals surface area contributed by atoms with Gasteiger partial charge in [0.05, 0.1) is 24.3 Å². The highest BCUT2D eigenvalue weighted by atomic mass is 32.1. The van der Waals surface area contributed by atoms with Crippen molar-refractivity contribution in [1.29, 1.82) is 0 Å². The van der Waals surface area contributed by atoms with Crippen LogP contribution in [0.1, 0.15) is 23.3 Å². The van der Waals surface area contributed by atoms with Gasteiger partial charge in [-0.15, -0.1) is 11.3 Å². The minimum atomic E-state index is -1.28. The molecule has 4 N–H and O–H groups in total. The summed E-state index contributed by atoms with van der Waals surface area (Å²) in [5.74, 6) is -0.452. The minimum Gasteiger partial charge on any atom is -0.390 e. The molecule has 9 nitrogen and oxygen atoms in total. The van der Waals surface area contributed by atoms with E-state index >= 15 is 0 Å². The number of methoxy groups -OCH3 is 1. The summed E-state index contributed by atoms with van der Waals surface area (Å²) >= 11 is 1.26. The fraction of sp³-hybridized carbons (Fsp3) is 0.750. The average Bonchev–Trinajstić information content (AvgIpc) is 3.17. The van der Waals surface area contributed by atoms with Crippen molar-refractivity contribution < 1.29 is 34.7 Å². The highest BCUT2D eigenvalue weighted by Gasteiger charge is 2.32. The molecule has 0 bridgehead atoms. The van der Waals surface area contributed by atoms with Gasteiger partial charge < -0.3 is 34.8 Å². The molecule has 1 aliphatic heterocycles. The van der Waals surface area contributed by atoms with Crippen molar-refractivity contribution in [3.63, 3.8) is 0 Å². The van der Waals surface area contributed by atoms with E-state index in [2.05, 4.69) is 4.98 Å². The molecule has 0 spiro atoms. The van der Waals surface area contributed by atoms with Gasteiger partial charge in [0.25, 0.3) is 5.91 Å². The van der Waals surface area contributed by atoms with Crippen molar-refractivity contribution in [1.82, 2.24) is 9.88 Å². The van der Waals surface area contributed by atoms with Gasteiger partial charge in [-0.25, -0.2) is 4.98 Å². The lowest BCUT2D eigenvalue weighted by molar-refractivity contribution is -0.105. The van der Waals surface area contributed by atoms with Crippen LogP contribution in [0.5, 0.6) is 0 Å². The van der Waals surface area contributed by atoms with Crippen molar-refractivity contribution in [3.8, 4) is 0 Å². The van der Waals surface area contributed by atoms with Gasteiger partial charge in [-0.1, -0.05) is 0 Å². The highest BCUT2D eigenvalue weighted by molar-refractivity contribution is 7.07. The molecule has 148 valence electrons. The van der Waals surface area contributed by atoms with Crippen molar-refractivity contribution >= 4 is 17.2 Å². The SMILES string of the molecule is CO[C@@H]1CN(C(=O)c2cscn2)C[C@@H](O)[C@H](O)CCCOC[C@@H](O)[C@H]1O. The summed E-state index contributed by atoms with van der Waals surface area (Å²) in [6, 6.07) is 0. The van der Waals surface area contributed by atoms with Crippen molar-refractivity contribution in [2.45, 2.75) is 43.4 Å². The van der Waals surface area contributed by atoms with Crippen LogP contribution in [0, 0.1) is 0 Å². The summed E-state index contributed by atoms with van der Waals surface area (Å²) in [7, 11) is 1.36. The number of rotatable bonds is 2. The molecule has 0 aromatic carbocycles. The molecule has 0 radical (unpaired) electrons. The topological polar surface area (TPSA) is 133 Å². The summed E-state index contributed by atoms with van der Waals surface area (Å²) in [6.07, 6.45) is -4.82. The third kappa shape index (κ3) is 5.68. The first kappa shape index (κ1) is 21.2. The predicted octanol–water partition coefficient (Wildman–Crippen LogP) is -1.15. The van der Waals surface area contributed by atoms with Gasteiger partial charge in [0.1, 0.15) is 24.0 Å². The summed E-state index contributed by atoms with van der Waals surface area (Å²) in [5.41, 5.74) is 1.72. The van der Waals surface area contributed by atoms with Gasteiger partial charge in [0.15, 0.2) is 0 Å². The third-order valence-corrected chi connectivity index (χ3v) is 4.93. The van der Waals surface area contributed by atoms with E-state index in [1.165, 1.54) is 28.9 Å². The Balaban J connectivity index is 2.23. The van der Waals surface area contributed by atoms with E-state index in [1.807, 2.05) is 0 Å². The molecule has 2 heterocycles. The number of carbonyl (C=O) groups excluding carboxylic acids is 1. The molecule has 1 aliphatic rings. The van der Waals surface area contributed by atoms with Crippen LogP contribution < -0.4 is 0 Å². The number of hydrogen-bond donors (Lipinski definition) is 4. The smallest absolute Gasteiger partial charge is 0.273 e. The quantitative estimate of drug-likeness (QED) is 0.498. The zero-order valence-corrected chi connectivity index (χ0v) is 15.4. The maximum absolute atomic E-state index is 12.7. The van der Waals surface area contributed by atoms with Crippen LogP contribution in [-0.4, -0.2) is 100 Å². The molecule has 1 aromatic heterocycles. The number of aliphatic hydroxyl groups is 4. The zero-order chi connectivity index (χ0) is 19.1. The first-order valence-corrected chi connectivity index (χ1v) is 9.38. The van der Waals surface area contributed by atoms with Gasteiger partial charge >= 0.3 is 0 Å². The molecule has 1 aromatic rings. The monoisotopic (exact) mass is 390 g/mol. The Kier molecular flexibility index (Phi) is 8.35. The molecule has 26 heavy (non-hydrogen) atoms. The van der Waals surface area contributed by atoms with Crippen molar-refractivity contribution in [2.24, 2.45) is 0 Å². The van der Waals surface area contributed by atoms with Crippen molar-refractivity contribution in [3.05, 3.63) is 16.6 Å². The van der Waals surface area contributed by atoms with Crippen LogP contribution in [0.15, 0.2) is 10.9 Å². The Labute approximate surface area is 155 Å². The summed E-state index contributed by atoms with van der Waals surface area (Å²) in [6.45, 7) is -0.0672. The fourth-order valence-corrected chi connectivity index (χ4v) is 3.27. The second-order valence-electron chi connectivity index (χ2n) is 6.27. The van der Waals surface area contributed by atoms with Gasteiger partial charge in [-0.3, -0.25) is 4.79 Å². The van der Waals surface area contributed by atoms with E-state index in [0.717, 1.165) is 0 Å². The van der Waals surface area contributed by atoms with Gasteiger partial charge in [0, 0.05) is 32.2 Å². The molecule has 0 unspecified atom stereocenters. The van der Waals surface area contributed by atoms with Gasteiger partial charge in [-0.2, -0.15) is 0 Å². The van der Waals surface area contributed by atoms with E-state index in [9.17, 15) is 25.2 Å². The number of aromatic nitrogens is 1. The molecule has 1 amide bonds. The van der Waals surface area contributed by atoms with E-state index in [1.54, 1.807) is 5.38 Å². The first-order chi connectivity index (χ1) is 12.4. The number of amides is 1. The predicted molar refractivity (Wildman–Crippen MR) is 92.9 cm³/mol. The van der Waals surface area contributed by atoms with Crippen LogP contribution in [0.3, 0.4) is 0 Å². The number of nitrogens with zero attached hydrogens (tertiary/aromatic N) is 2. The summed E-state index contributed by atoms with van der Waals surface area (Å²) in [4.78, 5) is 17.9. The number of aliphatic hydroxyl groups excluding tert-OH is 4. The van der Waals surface area contributed by atoms with Gasteiger partial charge in [-0.05, 0) is 12.8 Å². The summed E-state index contributed by atoms with van der Waals surface area (Å²) in [5, 5.41) is 42.3. The first-order valence-electron chi connectivity index (χ1n) is 8.44. The Morgan fingerprint density at radius 3 is 2.69 bits per heavy atom. The van der Waals surface area contributed by atoms with Crippen LogP contribution in [0.2, 0.25) is 0 Å². The molecular formula is C16H26N2O7S. The molecule has 5 atom stereocenters. The lowest BCUT2D eigenvalue weighted by Gasteiger charge is -2.32. The summed E-state index contributed by atoms with van der Waals surface area (Å²) < 4.78 is 10.5. The average molecular weight is 390 g/mol. The molecule has 2 rings (SSSR count). The normalized spacial score (nSPS) is 32.3. The molecule has 10 heteroatoms. The van der Waals surface area contributed by atoms with Gasteiger partial charge in [0.2, 0.25) is 0 Å². The highest BCUT2D eigenvalue weighted by Crippen LogP contribution is 2.15. The number of carbonyl (C=O) groups is 1. The molecule has 0 saturated carbocycles. The largest absolute Gasteiger partial charge is 0.390 e. The minimum absolute atomic E-state index is 0.0884. The standard InChI is InChI=1S/C16H26N2O7S/c1-24-14-6-18(16(23)10-8-26-9-17-10)5-12(20)11(19)3-2-4-25-7-13(21)15(14)22/h8-9,11-15,19-22H,2-7H2,1H3/t11-,12-,13-,14-,15-/m1/s1. The second-order valence-corrected chi connectivity index (χ2v) is 6.99. The molecule has 1 saturated heterocycles. The van der Waals surface area contributed by atoms with Crippen molar-refractivity contribution in [2.75, 3.05) is 33.4 Å². The van der Waals surface area contributed by atoms with E-state index in [0.29, 0.717) is 6.42 Å². The lowest BCUT2D eigenvalue weighted by atomic mass is 10.1. The number of thiazole rings is 1. The zero-order valence-electron chi connectivity index (χ0n) is 14.6. The maximum Gasteiger partial charge on any atom is 0.273 e. The number of hydrogen-bond acceptors (Lipinski definition) is 9. The van der Waals surface area contributed by atoms with Crippen LogP contribution in [-0.2, 0) is 9.47 Å². The van der Waals surface area contributed by atoms with E-state index in [4.69, 9.17) is 9.47 Å². The Hall–Kier alpha value is -1.14. The molecular weight excluding hydrogens is 364 g/mol. The van der Waals surface area contributed by atoms with Crippen LogP contribution in [0.4, 0.5) is 0 Å². The lowest BCUT2D eigenvalue weighted by Crippen LogP contribution is -2.51. The van der Waals surface area contributed by atoms with E-state index < -0.39 is 36.4 Å². The number of β-amino-alcohol motifs (C(OH)–C–C–N with tert-alkyl or cyclic N) is 1. The second kappa shape index (κ2) is 10.3. The molecule has 1 fully saturated rings. The Morgan fingerprint density at radius 2 is 2.04 bits per heavy atom. The molecule has 0 aliphatic carbocycles. The Bertz CT molecular complexity index is 545. The fourth-order valence-electron chi connectivity index (χ4n) is 2.74. The third-order valence-electron chi connectivity index (χ3n) is 4.35.